The second-order valence-corrected chi connectivity index (χ2v) is 7.87. The van der Waals surface area contributed by atoms with Gasteiger partial charge < -0.3 is 15.4 Å². The number of anilines is 1. The molecule has 0 aromatic heterocycles. The van der Waals surface area contributed by atoms with Gasteiger partial charge in [-0.3, -0.25) is 14.4 Å². The van der Waals surface area contributed by atoms with E-state index in [1.165, 1.54) is 11.8 Å². The molecule has 0 aliphatic rings. The van der Waals surface area contributed by atoms with Gasteiger partial charge in [-0.2, -0.15) is 5.10 Å². The lowest BCUT2D eigenvalue weighted by Crippen LogP contribution is -2.37. The second kappa shape index (κ2) is 12.9. The van der Waals surface area contributed by atoms with Crippen LogP contribution in [0.25, 0.3) is 0 Å². The normalized spacial score (nSPS) is 10.6. The van der Waals surface area contributed by atoms with E-state index in [-0.39, 0.29) is 19.1 Å². The van der Waals surface area contributed by atoms with E-state index in [1.54, 1.807) is 18.2 Å². The van der Waals surface area contributed by atoms with Crippen molar-refractivity contribution in [2.75, 3.05) is 11.9 Å². The molecule has 0 radical (unpaired) electrons. The Bertz CT molecular complexity index is 1200. The molecule has 0 fully saturated rings. The molecule has 8 nitrogen and oxygen atoms in total. The molecule has 0 aliphatic carbocycles. The summed E-state index contributed by atoms with van der Waals surface area (Å²) in [5.74, 6) is -1.75. The average Bonchev–Trinajstić information content (AvgIpc) is 2.87. The first-order chi connectivity index (χ1) is 16.9. The molecule has 3 N–H and O–H groups in total. The van der Waals surface area contributed by atoms with E-state index in [0.717, 1.165) is 12.0 Å². The quantitative estimate of drug-likeness (QED) is 0.240. The number of ether oxygens (including phenoxy) is 1. The lowest BCUT2D eigenvalue weighted by atomic mass is 10.1. The summed E-state index contributed by atoms with van der Waals surface area (Å²) in [7, 11) is 0. The SMILES string of the molecule is CCc1ccc(NC(=O)COc2ccc(Cl)cc2/C=N\NC(=O)C(=O)NCc2ccccc2)cc1. The number of hydrogen-bond acceptors (Lipinski definition) is 5. The predicted octanol–water partition coefficient (Wildman–Crippen LogP) is 3.69. The van der Waals surface area contributed by atoms with Gasteiger partial charge in [0.1, 0.15) is 5.75 Å². The monoisotopic (exact) mass is 492 g/mol. The highest BCUT2D eigenvalue weighted by Gasteiger charge is 2.12. The largest absolute Gasteiger partial charge is 0.483 e. The molecule has 0 saturated heterocycles. The van der Waals surface area contributed by atoms with E-state index in [0.29, 0.717) is 22.0 Å². The Kier molecular flexibility index (Phi) is 9.39. The topological polar surface area (TPSA) is 109 Å². The van der Waals surface area contributed by atoms with E-state index in [4.69, 9.17) is 16.3 Å². The van der Waals surface area contributed by atoms with Crippen LogP contribution in [-0.4, -0.2) is 30.5 Å². The number of amides is 3. The van der Waals surface area contributed by atoms with Crippen LogP contribution in [0.5, 0.6) is 5.75 Å². The number of carbonyl (C=O) groups excluding carboxylic acids is 3. The van der Waals surface area contributed by atoms with Gasteiger partial charge in [-0.25, -0.2) is 5.43 Å². The summed E-state index contributed by atoms with van der Waals surface area (Å²) in [5.41, 5.74) is 5.28. The highest BCUT2D eigenvalue weighted by Crippen LogP contribution is 2.21. The van der Waals surface area contributed by atoms with Crippen molar-refractivity contribution in [3.63, 3.8) is 0 Å². The van der Waals surface area contributed by atoms with E-state index in [9.17, 15) is 14.4 Å². The number of carbonyl (C=O) groups is 3. The third kappa shape index (κ3) is 8.28. The molecule has 35 heavy (non-hydrogen) atoms. The standard InChI is InChI=1S/C26H25ClN4O4/c1-2-18-8-11-22(12-9-18)30-24(32)17-35-23-13-10-21(27)14-20(23)16-29-31-26(34)25(33)28-15-19-6-4-3-5-7-19/h3-14,16H,2,15,17H2,1H3,(H,28,33)(H,30,32)(H,31,34)/b29-16-. The third-order valence-corrected chi connectivity index (χ3v) is 5.08. The zero-order valence-electron chi connectivity index (χ0n) is 19.1. The lowest BCUT2D eigenvalue weighted by Gasteiger charge is -2.10. The van der Waals surface area contributed by atoms with Crippen molar-refractivity contribution in [1.82, 2.24) is 10.7 Å². The van der Waals surface area contributed by atoms with E-state index in [1.807, 2.05) is 54.6 Å². The van der Waals surface area contributed by atoms with E-state index in [2.05, 4.69) is 28.1 Å². The van der Waals surface area contributed by atoms with Gasteiger partial charge in [-0.05, 0) is 47.9 Å². The summed E-state index contributed by atoms with van der Waals surface area (Å²) in [6.07, 6.45) is 2.20. The predicted molar refractivity (Wildman–Crippen MR) is 135 cm³/mol. The van der Waals surface area contributed by atoms with E-state index >= 15 is 0 Å². The summed E-state index contributed by atoms with van der Waals surface area (Å²) in [4.78, 5) is 36.2. The molecular weight excluding hydrogens is 468 g/mol. The van der Waals surface area contributed by atoms with Crippen LogP contribution < -0.4 is 20.8 Å². The van der Waals surface area contributed by atoms with Gasteiger partial charge in [-0.15, -0.1) is 0 Å². The molecular formula is C26H25ClN4O4. The van der Waals surface area contributed by atoms with Gasteiger partial charge in [0.05, 0.1) is 6.21 Å². The van der Waals surface area contributed by atoms with Crippen LogP contribution in [0, 0.1) is 0 Å². The van der Waals surface area contributed by atoms with Crippen LogP contribution in [-0.2, 0) is 27.3 Å². The first kappa shape index (κ1) is 25.5. The molecule has 9 heteroatoms. The highest BCUT2D eigenvalue weighted by atomic mass is 35.5. The van der Waals surface area contributed by atoms with Crippen LogP contribution in [0.15, 0.2) is 77.9 Å². The number of nitrogens with zero attached hydrogens (tertiary/aromatic N) is 1. The van der Waals surface area contributed by atoms with Crippen molar-refractivity contribution in [3.05, 3.63) is 94.5 Å². The van der Waals surface area contributed by atoms with Crippen LogP contribution in [0.3, 0.4) is 0 Å². The third-order valence-electron chi connectivity index (χ3n) is 4.85. The fourth-order valence-electron chi connectivity index (χ4n) is 2.99. The van der Waals surface area contributed by atoms with Crippen molar-refractivity contribution >= 4 is 41.2 Å². The Hall–Kier alpha value is -4.17. The Morgan fingerprint density at radius 2 is 1.69 bits per heavy atom. The maximum absolute atomic E-state index is 12.3. The highest BCUT2D eigenvalue weighted by molar-refractivity contribution is 6.35. The van der Waals surface area contributed by atoms with Crippen molar-refractivity contribution in [3.8, 4) is 5.75 Å². The number of hydrogen-bond donors (Lipinski definition) is 3. The fourth-order valence-corrected chi connectivity index (χ4v) is 3.17. The minimum atomic E-state index is -0.921. The van der Waals surface area contributed by atoms with Crippen LogP contribution >= 0.6 is 11.6 Å². The fraction of sp³-hybridized carbons (Fsp3) is 0.154. The van der Waals surface area contributed by atoms with Gasteiger partial charge in [0.25, 0.3) is 5.91 Å². The van der Waals surface area contributed by atoms with Crippen LogP contribution in [0.4, 0.5) is 5.69 Å². The molecule has 3 amide bonds. The summed E-state index contributed by atoms with van der Waals surface area (Å²) in [5, 5.41) is 9.49. The number of halogens is 1. The van der Waals surface area contributed by atoms with Crippen molar-refractivity contribution in [2.45, 2.75) is 19.9 Å². The number of aryl methyl sites for hydroxylation is 1. The summed E-state index contributed by atoms with van der Waals surface area (Å²) in [6, 6.07) is 21.5. The molecule has 0 spiro atoms. The zero-order valence-corrected chi connectivity index (χ0v) is 19.8. The molecule has 3 rings (SSSR count). The Labute approximate surface area is 208 Å². The minimum absolute atomic E-state index is 0.216. The molecule has 0 aliphatic heterocycles. The Morgan fingerprint density at radius 1 is 0.943 bits per heavy atom. The number of benzene rings is 3. The summed E-state index contributed by atoms with van der Waals surface area (Å²) >= 11 is 6.05. The molecule has 180 valence electrons. The smallest absolute Gasteiger partial charge is 0.329 e. The molecule has 0 heterocycles. The van der Waals surface area contributed by atoms with E-state index < -0.39 is 11.8 Å². The van der Waals surface area contributed by atoms with Crippen molar-refractivity contribution < 1.29 is 19.1 Å². The van der Waals surface area contributed by atoms with Gasteiger partial charge in [0.2, 0.25) is 0 Å². The molecule has 0 unspecified atom stereocenters. The van der Waals surface area contributed by atoms with Crippen LogP contribution in [0.1, 0.15) is 23.6 Å². The Balaban J connectivity index is 1.52. The van der Waals surface area contributed by atoms with Crippen molar-refractivity contribution in [2.24, 2.45) is 5.10 Å². The maximum Gasteiger partial charge on any atom is 0.329 e. The lowest BCUT2D eigenvalue weighted by molar-refractivity contribution is -0.139. The first-order valence-corrected chi connectivity index (χ1v) is 11.3. The molecule has 3 aromatic rings. The van der Waals surface area contributed by atoms with Gasteiger partial charge in [0, 0.05) is 22.8 Å². The van der Waals surface area contributed by atoms with Gasteiger partial charge in [0.15, 0.2) is 6.61 Å². The first-order valence-electron chi connectivity index (χ1n) is 10.9. The summed E-state index contributed by atoms with van der Waals surface area (Å²) in [6.45, 7) is 2.03. The van der Waals surface area contributed by atoms with Crippen molar-refractivity contribution in [1.29, 1.82) is 0 Å². The molecule has 0 saturated carbocycles. The van der Waals surface area contributed by atoms with Gasteiger partial charge in [-0.1, -0.05) is 61.0 Å². The molecule has 0 bridgehead atoms. The van der Waals surface area contributed by atoms with Gasteiger partial charge >= 0.3 is 11.8 Å². The molecule has 3 aromatic carbocycles. The number of rotatable bonds is 9. The zero-order chi connectivity index (χ0) is 25.0. The Morgan fingerprint density at radius 3 is 2.40 bits per heavy atom. The second-order valence-electron chi connectivity index (χ2n) is 7.44. The molecule has 0 atom stereocenters. The number of nitrogens with one attached hydrogen (secondary N) is 3. The van der Waals surface area contributed by atoms with Crippen LogP contribution in [0.2, 0.25) is 5.02 Å². The number of hydrazone groups is 1. The minimum Gasteiger partial charge on any atom is -0.483 e. The maximum atomic E-state index is 12.3. The summed E-state index contributed by atoms with van der Waals surface area (Å²) < 4.78 is 5.61. The average molecular weight is 493 g/mol.